The zero-order valence-electron chi connectivity index (χ0n) is 8.28. The first-order valence-corrected chi connectivity index (χ1v) is 4.53. The highest BCUT2D eigenvalue weighted by Crippen LogP contribution is 2.22. The number of hydrogen-bond donors (Lipinski definition) is 2. The summed E-state index contributed by atoms with van der Waals surface area (Å²) in [5, 5.41) is 37.8. The van der Waals surface area contributed by atoms with Crippen molar-refractivity contribution in [1.82, 2.24) is 0 Å². The Labute approximate surface area is 91.5 Å². The molecule has 0 aliphatic carbocycles. The van der Waals surface area contributed by atoms with Crippen LogP contribution in [-0.4, -0.2) is 21.2 Å². The maximum Gasteiger partial charge on any atom is 0.269 e. The minimum absolute atomic E-state index is 0.166. The molecule has 0 aliphatic heterocycles. The number of nitrogens with zero attached hydrogens (tertiary/aromatic N) is 2. The molecule has 6 heteroatoms. The van der Waals surface area contributed by atoms with Gasteiger partial charge in [0.1, 0.15) is 6.10 Å². The molecule has 0 fully saturated rings. The van der Waals surface area contributed by atoms with Crippen LogP contribution in [0.1, 0.15) is 18.1 Å². The van der Waals surface area contributed by atoms with Gasteiger partial charge in [0.15, 0.2) is 0 Å². The van der Waals surface area contributed by atoms with Gasteiger partial charge in [0.25, 0.3) is 5.69 Å². The van der Waals surface area contributed by atoms with Gasteiger partial charge in [-0.15, -0.1) is 0 Å². The minimum Gasteiger partial charge on any atom is -0.389 e. The highest BCUT2D eigenvalue weighted by molar-refractivity contribution is 5.35. The van der Waals surface area contributed by atoms with E-state index in [0.29, 0.717) is 0 Å². The Hall–Kier alpha value is -1.97. The summed E-state index contributed by atoms with van der Waals surface area (Å²) in [5.41, 5.74) is 0.0534. The van der Waals surface area contributed by atoms with Gasteiger partial charge in [-0.1, -0.05) is 12.1 Å². The fraction of sp³-hybridized carbons (Fsp3) is 0.300. The van der Waals surface area contributed by atoms with Gasteiger partial charge in [-0.05, 0) is 5.56 Å². The van der Waals surface area contributed by atoms with Crippen LogP contribution in [0, 0.1) is 21.4 Å². The Morgan fingerprint density at radius 3 is 2.75 bits per heavy atom. The first-order chi connectivity index (χ1) is 7.56. The summed E-state index contributed by atoms with van der Waals surface area (Å²) in [4.78, 5) is 9.89. The molecular weight excluding hydrogens is 212 g/mol. The number of aliphatic hydroxyl groups excluding tert-OH is 2. The second kappa shape index (κ2) is 5.21. The van der Waals surface area contributed by atoms with E-state index < -0.39 is 17.1 Å². The van der Waals surface area contributed by atoms with E-state index in [1.807, 2.05) is 0 Å². The number of non-ortho nitro benzene ring substituents is 1. The molecule has 1 aromatic rings. The lowest BCUT2D eigenvalue weighted by Crippen LogP contribution is -2.17. The van der Waals surface area contributed by atoms with Gasteiger partial charge in [0, 0.05) is 12.1 Å². The number of nitro groups is 1. The number of rotatable bonds is 4. The third-order valence-corrected chi connectivity index (χ3v) is 2.09. The van der Waals surface area contributed by atoms with Crippen molar-refractivity contribution in [3.05, 3.63) is 39.9 Å². The predicted molar refractivity (Wildman–Crippen MR) is 54.3 cm³/mol. The molecule has 2 unspecified atom stereocenters. The van der Waals surface area contributed by atoms with Crippen LogP contribution in [0.5, 0.6) is 0 Å². The van der Waals surface area contributed by atoms with Gasteiger partial charge in [-0.25, -0.2) is 0 Å². The molecule has 1 rings (SSSR count). The van der Waals surface area contributed by atoms with Gasteiger partial charge in [-0.2, -0.15) is 5.26 Å². The average Bonchev–Trinajstić information content (AvgIpc) is 2.28. The van der Waals surface area contributed by atoms with E-state index in [0.717, 1.165) is 0 Å². The van der Waals surface area contributed by atoms with Crippen molar-refractivity contribution < 1.29 is 15.1 Å². The summed E-state index contributed by atoms with van der Waals surface area (Å²) < 4.78 is 0. The molecule has 2 atom stereocenters. The molecule has 0 aliphatic rings. The number of aliphatic hydroxyl groups is 2. The topological polar surface area (TPSA) is 107 Å². The second-order valence-electron chi connectivity index (χ2n) is 3.23. The van der Waals surface area contributed by atoms with Crippen molar-refractivity contribution in [3.8, 4) is 6.07 Å². The molecule has 0 saturated heterocycles. The minimum atomic E-state index is -1.29. The van der Waals surface area contributed by atoms with Crippen molar-refractivity contribution >= 4 is 5.69 Å². The van der Waals surface area contributed by atoms with E-state index in [4.69, 9.17) is 5.26 Å². The molecule has 0 spiro atoms. The molecule has 0 aromatic heterocycles. The molecule has 16 heavy (non-hydrogen) atoms. The number of nitro benzene ring substituents is 1. The summed E-state index contributed by atoms with van der Waals surface area (Å²) in [6, 6.07) is 7.04. The van der Waals surface area contributed by atoms with Crippen LogP contribution < -0.4 is 0 Å². The van der Waals surface area contributed by atoms with E-state index in [1.54, 1.807) is 6.07 Å². The predicted octanol–water partition coefficient (Wildman–Crippen LogP) is 0.903. The molecule has 6 nitrogen and oxygen atoms in total. The zero-order chi connectivity index (χ0) is 12.1. The van der Waals surface area contributed by atoms with Gasteiger partial charge in [-0.3, -0.25) is 10.1 Å². The fourth-order valence-corrected chi connectivity index (χ4v) is 1.25. The van der Waals surface area contributed by atoms with Gasteiger partial charge in [0.05, 0.1) is 23.5 Å². The van der Waals surface area contributed by atoms with Crippen LogP contribution in [0.2, 0.25) is 0 Å². The maximum absolute atomic E-state index is 10.5. The van der Waals surface area contributed by atoms with Crippen molar-refractivity contribution in [3.63, 3.8) is 0 Å². The maximum atomic E-state index is 10.5. The Morgan fingerprint density at radius 2 is 2.19 bits per heavy atom. The van der Waals surface area contributed by atoms with E-state index in [9.17, 15) is 20.3 Å². The van der Waals surface area contributed by atoms with Crippen molar-refractivity contribution in [2.45, 2.75) is 18.6 Å². The van der Waals surface area contributed by atoms with Gasteiger partial charge >= 0.3 is 0 Å². The van der Waals surface area contributed by atoms with Crippen LogP contribution in [0.15, 0.2) is 24.3 Å². The van der Waals surface area contributed by atoms with Crippen LogP contribution in [0.4, 0.5) is 5.69 Å². The van der Waals surface area contributed by atoms with E-state index in [1.165, 1.54) is 24.3 Å². The molecular formula is C10H10N2O4. The molecule has 1 aromatic carbocycles. The zero-order valence-corrected chi connectivity index (χ0v) is 8.28. The lowest BCUT2D eigenvalue weighted by atomic mass is 10.0. The second-order valence-corrected chi connectivity index (χ2v) is 3.23. The first-order valence-electron chi connectivity index (χ1n) is 4.53. The highest BCUT2D eigenvalue weighted by Gasteiger charge is 2.19. The summed E-state index contributed by atoms with van der Waals surface area (Å²) in [6.07, 6.45) is -2.77. The summed E-state index contributed by atoms with van der Waals surface area (Å²) >= 11 is 0. The van der Waals surface area contributed by atoms with Crippen molar-refractivity contribution in [1.29, 1.82) is 5.26 Å². The standard InChI is InChI=1S/C10H10N2O4/c11-5-4-9(13)10(14)7-2-1-3-8(6-7)12(15)16/h1-3,6,9-10,13-14H,4H2. The molecule has 0 saturated carbocycles. The monoisotopic (exact) mass is 222 g/mol. The Kier molecular flexibility index (Phi) is 3.94. The van der Waals surface area contributed by atoms with E-state index in [-0.39, 0.29) is 17.7 Å². The van der Waals surface area contributed by atoms with Crippen molar-refractivity contribution in [2.75, 3.05) is 0 Å². The summed E-state index contributed by atoms with van der Waals surface area (Å²) in [6.45, 7) is 0. The normalized spacial score (nSPS) is 13.8. The number of benzene rings is 1. The molecule has 0 bridgehead atoms. The first kappa shape index (κ1) is 12.1. The molecule has 0 heterocycles. The Balaban J connectivity index is 2.92. The summed E-state index contributed by atoms with van der Waals surface area (Å²) in [5.74, 6) is 0. The fourth-order valence-electron chi connectivity index (χ4n) is 1.25. The smallest absolute Gasteiger partial charge is 0.269 e. The third kappa shape index (κ3) is 2.76. The highest BCUT2D eigenvalue weighted by atomic mass is 16.6. The van der Waals surface area contributed by atoms with Gasteiger partial charge < -0.3 is 10.2 Å². The molecule has 0 radical (unpaired) electrons. The van der Waals surface area contributed by atoms with E-state index in [2.05, 4.69) is 0 Å². The van der Waals surface area contributed by atoms with E-state index >= 15 is 0 Å². The lowest BCUT2D eigenvalue weighted by Gasteiger charge is -2.14. The molecule has 2 N–H and O–H groups in total. The SMILES string of the molecule is N#CCC(O)C(O)c1cccc([N+](=O)[O-])c1. The summed E-state index contributed by atoms with van der Waals surface area (Å²) in [7, 11) is 0. The van der Waals surface area contributed by atoms with Crippen molar-refractivity contribution in [2.24, 2.45) is 0 Å². The Bertz CT molecular complexity index is 427. The van der Waals surface area contributed by atoms with Crippen LogP contribution in [0.25, 0.3) is 0 Å². The van der Waals surface area contributed by atoms with Crippen LogP contribution >= 0.6 is 0 Å². The quantitative estimate of drug-likeness (QED) is 0.581. The lowest BCUT2D eigenvalue weighted by molar-refractivity contribution is -0.385. The average molecular weight is 222 g/mol. The molecule has 0 amide bonds. The number of hydrogen-bond acceptors (Lipinski definition) is 5. The largest absolute Gasteiger partial charge is 0.389 e. The Morgan fingerprint density at radius 1 is 1.50 bits per heavy atom. The number of nitriles is 1. The van der Waals surface area contributed by atoms with Gasteiger partial charge in [0.2, 0.25) is 0 Å². The van der Waals surface area contributed by atoms with Crippen LogP contribution in [-0.2, 0) is 0 Å². The molecule has 84 valence electrons. The third-order valence-electron chi connectivity index (χ3n) is 2.09. The van der Waals surface area contributed by atoms with Crippen LogP contribution in [0.3, 0.4) is 0 Å².